The number of alkyl halides is 3. The van der Waals surface area contributed by atoms with Crippen molar-refractivity contribution in [3.8, 4) is 11.1 Å². The molecule has 3 aromatic carbocycles. The highest BCUT2D eigenvalue weighted by molar-refractivity contribution is 6.04. The maximum atomic E-state index is 12.9. The van der Waals surface area contributed by atoms with Crippen LogP contribution < -0.4 is 0 Å². The van der Waals surface area contributed by atoms with Crippen molar-refractivity contribution in [3.63, 3.8) is 0 Å². The summed E-state index contributed by atoms with van der Waals surface area (Å²) in [7, 11) is 0. The number of carboxylic acids is 1. The van der Waals surface area contributed by atoms with Crippen LogP contribution >= 0.6 is 0 Å². The van der Waals surface area contributed by atoms with Crippen molar-refractivity contribution in [2.45, 2.75) is 19.0 Å². The van der Waals surface area contributed by atoms with E-state index in [2.05, 4.69) is 0 Å². The molecule has 0 aromatic heterocycles. The van der Waals surface area contributed by atoms with Gasteiger partial charge in [-0.15, -0.1) is 0 Å². The third-order valence-corrected chi connectivity index (χ3v) is 5.47. The predicted molar refractivity (Wildman–Crippen MR) is 106 cm³/mol. The monoisotopic (exact) mass is 410 g/mol. The first-order valence-corrected chi connectivity index (χ1v) is 9.40. The van der Waals surface area contributed by atoms with Crippen LogP contribution in [-0.2, 0) is 19.0 Å². The van der Waals surface area contributed by atoms with Gasteiger partial charge in [-0.05, 0) is 59.4 Å². The Hall–Kier alpha value is -3.41. The molecule has 30 heavy (non-hydrogen) atoms. The summed E-state index contributed by atoms with van der Waals surface area (Å²) in [6, 6.07) is 16.7. The van der Waals surface area contributed by atoms with Crippen molar-refractivity contribution in [1.29, 1.82) is 0 Å². The van der Waals surface area contributed by atoms with Gasteiger partial charge in [0.15, 0.2) is 5.78 Å². The number of hydrogen-bond donors (Lipinski definition) is 1. The van der Waals surface area contributed by atoms with Crippen molar-refractivity contribution in [2.24, 2.45) is 5.92 Å². The van der Waals surface area contributed by atoms with Crippen LogP contribution in [0.1, 0.15) is 37.4 Å². The minimum absolute atomic E-state index is 0.000993. The molecule has 1 aliphatic rings. The van der Waals surface area contributed by atoms with Crippen LogP contribution in [0.4, 0.5) is 13.2 Å². The molecule has 3 aromatic rings. The Balaban J connectivity index is 1.60. The number of Topliss-reactive ketones (excluding diaryl/α,β-unsaturated/α-hetero) is 1. The molecule has 1 aliphatic carbocycles. The van der Waals surface area contributed by atoms with E-state index in [1.165, 1.54) is 24.3 Å². The minimum atomic E-state index is -4.39. The molecule has 152 valence electrons. The number of hydrogen-bond acceptors (Lipinski definition) is 2. The lowest BCUT2D eigenvalue weighted by molar-refractivity contribution is -0.137. The maximum Gasteiger partial charge on any atom is 0.416 e. The molecule has 3 nitrogen and oxygen atoms in total. The van der Waals surface area contributed by atoms with E-state index >= 15 is 0 Å². The molecule has 0 saturated carbocycles. The van der Waals surface area contributed by atoms with Gasteiger partial charge in [0.2, 0.25) is 0 Å². The van der Waals surface area contributed by atoms with Crippen LogP contribution in [-0.4, -0.2) is 16.9 Å². The average Bonchev–Trinajstić information content (AvgIpc) is 3.03. The van der Waals surface area contributed by atoms with E-state index in [0.717, 1.165) is 28.8 Å². The summed E-state index contributed by atoms with van der Waals surface area (Å²) in [5.74, 6) is -1.29. The summed E-state index contributed by atoms with van der Waals surface area (Å²) in [6.07, 6.45) is -3.43. The topological polar surface area (TPSA) is 54.4 Å². The summed E-state index contributed by atoms with van der Waals surface area (Å²) in [6.45, 7) is 0. The van der Waals surface area contributed by atoms with Gasteiger partial charge in [0.05, 0.1) is 11.1 Å². The lowest BCUT2D eigenvalue weighted by atomic mass is 9.94. The molecule has 1 atom stereocenters. The fourth-order valence-corrected chi connectivity index (χ4v) is 3.94. The van der Waals surface area contributed by atoms with Crippen molar-refractivity contribution in [3.05, 3.63) is 94.5 Å². The zero-order valence-electron chi connectivity index (χ0n) is 15.7. The highest BCUT2D eigenvalue weighted by Gasteiger charge is 2.33. The number of fused-ring (bicyclic) bond motifs is 1. The van der Waals surface area contributed by atoms with Gasteiger partial charge in [-0.1, -0.05) is 42.5 Å². The SMILES string of the molecule is O=C(O)c1ccc(CC2Cc3c(cccc3-c3ccc(C(F)(F)F)cc3)C2=O)cc1. The summed E-state index contributed by atoms with van der Waals surface area (Å²) in [4.78, 5) is 23.9. The van der Waals surface area contributed by atoms with E-state index in [0.29, 0.717) is 24.0 Å². The van der Waals surface area contributed by atoms with Crippen molar-refractivity contribution in [1.82, 2.24) is 0 Å². The van der Waals surface area contributed by atoms with Crippen LogP contribution in [0.25, 0.3) is 11.1 Å². The van der Waals surface area contributed by atoms with Crippen molar-refractivity contribution < 1.29 is 27.9 Å². The standard InChI is InChI=1S/C24H17F3O3/c25-24(26,27)18-10-8-15(9-11-18)19-2-1-3-20-21(19)13-17(22(20)28)12-14-4-6-16(7-5-14)23(29)30/h1-11,17H,12-13H2,(H,29,30). The van der Waals surface area contributed by atoms with Crippen LogP contribution in [0.5, 0.6) is 0 Å². The highest BCUT2D eigenvalue weighted by Crippen LogP contribution is 2.37. The molecular formula is C24H17F3O3. The van der Waals surface area contributed by atoms with Gasteiger partial charge in [-0.25, -0.2) is 4.79 Å². The Kier molecular flexibility index (Phi) is 4.94. The van der Waals surface area contributed by atoms with Gasteiger partial charge in [-0.3, -0.25) is 4.79 Å². The maximum absolute atomic E-state index is 12.9. The molecule has 0 heterocycles. The first-order valence-electron chi connectivity index (χ1n) is 9.40. The van der Waals surface area contributed by atoms with Crippen LogP contribution in [0.2, 0.25) is 0 Å². The van der Waals surface area contributed by atoms with E-state index in [9.17, 15) is 22.8 Å². The molecule has 4 rings (SSSR count). The average molecular weight is 410 g/mol. The largest absolute Gasteiger partial charge is 0.478 e. The lowest BCUT2D eigenvalue weighted by Gasteiger charge is -2.11. The number of carbonyl (C=O) groups is 2. The number of carboxylic acid groups (broad SMARTS) is 1. The molecule has 0 radical (unpaired) electrons. The van der Waals surface area contributed by atoms with E-state index in [1.54, 1.807) is 24.3 Å². The smallest absolute Gasteiger partial charge is 0.416 e. The predicted octanol–water partition coefficient (Wildman–Crippen LogP) is 5.67. The number of halogens is 3. The summed E-state index contributed by atoms with van der Waals surface area (Å²) < 4.78 is 38.5. The van der Waals surface area contributed by atoms with Gasteiger partial charge in [0.1, 0.15) is 0 Å². The zero-order chi connectivity index (χ0) is 21.5. The molecule has 6 heteroatoms. The fourth-order valence-electron chi connectivity index (χ4n) is 3.94. The number of carbonyl (C=O) groups excluding carboxylic acids is 1. The van der Waals surface area contributed by atoms with Gasteiger partial charge in [0.25, 0.3) is 0 Å². The van der Waals surface area contributed by atoms with Crippen LogP contribution in [0, 0.1) is 5.92 Å². The normalized spacial score (nSPS) is 15.8. The third kappa shape index (κ3) is 3.73. The zero-order valence-corrected chi connectivity index (χ0v) is 15.7. The second kappa shape index (κ2) is 7.44. The van der Waals surface area contributed by atoms with Crippen LogP contribution in [0.15, 0.2) is 66.7 Å². The molecule has 1 unspecified atom stereocenters. The Morgan fingerprint density at radius 1 is 0.933 bits per heavy atom. The molecule has 0 aliphatic heterocycles. The summed E-state index contributed by atoms with van der Waals surface area (Å²) in [5.41, 5.74) is 3.18. The molecule has 0 spiro atoms. The van der Waals surface area contributed by atoms with E-state index in [1.807, 2.05) is 6.07 Å². The number of aromatic carboxylic acids is 1. The fraction of sp³-hybridized carbons (Fsp3) is 0.167. The first kappa shape index (κ1) is 19.9. The number of rotatable bonds is 4. The van der Waals surface area contributed by atoms with Gasteiger partial charge >= 0.3 is 12.1 Å². The number of benzene rings is 3. The highest BCUT2D eigenvalue weighted by atomic mass is 19.4. The van der Waals surface area contributed by atoms with E-state index < -0.39 is 17.7 Å². The van der Waals surface area contributed by atoms with Crippen LogP contribution in [0.3, 0.4) is 0 Å². The molecular weight excluding hydrogens is 393 g/mol. The van der Waals surface area contributed by atoms with Crippen molar-refractivity contribution in [2.75, 3.05) is 0 Å². The Morgan fingerprint density at radius 3 is 2.17 bits per heavy atom. The third-order valence-electron chi connectivity index (χ3n) is 5.47. The summed E-state index contributed by atoms with van der Waals surface area (Å²) >= 11 is 0. The molecule has 0 bridgehead atoms. The molecule has 0 amide bonds. The van der Waals surface area contributed by atoms with Gasteiger partial charge in [0, 0.05) is 11.5 Å². The first-order chi connectivity index (χ1) is 14.2. The minimum Gasteiger partial charge on any atom is -0.478 e. The second-order valence-corrected chi connectivity index (χ2v) is 7.38. The van der Waals surface area contributed by atoms with E-state index in [-0.39, 0.29) is 17.3 Å². The molecule has 0 fully saturated rings. The molecule has 0 saturated heterocycles. The Labute approximate surface area is 170 Å². The van der Waals surface area contributed by atoms with Gasteiger partial charge < -0.3 is 5.11 Å². The van der Waals surface area contributed by atoms with E-state index in [4.69, 9.17) is 5.11 Å². The second-order valence-electron chi connectivity index (χ2n) is 7.38. The summed E-state index contributed by atoms with van der Waals surface area (Å²) in [5, 5.41) is 9.00. The lowest BCUT2D eigenvalue weighted by Crippen LogP contribution is -2.12. The number of ketones is 1. The Morgan fingerprint density at radius 2 is 1.57 bits per heavy atom. The van der Waals surface area contributed by atoms with Crippen molar-refractivity contribution >= 4 is 11.8 Å². The molecule has 1 N–H and O–H groups in total. The quantitative estimate of drug-likeness (QED) is 0.603. The van der Waals surface area contributed by atoms with Gasteiger partial charge in [-0.2, -0.15) is 13.2 Å². The Bertz CT molecular complexity index is 1110.